The molecule has 0 fully saturated rings. The van der Waals surface area contributed by atoms with Gasteiger partial charge in [0.1, 0.15) is 0 Å². The lowest BCUT2D eigenvalue weighted by atomic mass is 9.92. The van der Waals surface area contributed by atoms with Gasteiger partial charge in [0.2, 0.25) is 0 Å². The molecule has 56 heavy (non-hydrogen) atoms. The molecule has 0 saturated carbocycles. The molecule has 0 aliphatic heterocycles. The van der Waals surface area contributed by atoms with Crippen molar-refractivity contribution in [2.75, 3.05) is 0 Å². The monoisotopic (exact) mass is 768 g/mol. The van der Waals surface area contributed by atoms with Crippen molar-refractivity contribution in [3.8, 4) is 0 Å². The Hall–Kier alpha value is -5.64. The summed E-state index contributed by atoms with van der Waals surface area (Å²) in [5.74, 6) is -9.86. The van der Waals surface area contributed by atoms with Crippen LogP contribution in [-0.4, -0.2) is 12.4 Å². The van der Waals surface area contributed by atoms with Crippen LogP contribution >= 0.6 is 0 Å². The van der Waals surface area contributed by atoms with Gasteiger partial charge >= 0.3 is 24.2 Å². The van der Waals surface area contributed by atoms with Crippen LogP contribution in [0.5, 0.6) is 0 Å². The van der Waals surface area contributed by atoms with E-state index in [1.165, 1.54) is 57.7 Å². The molecule has 0 saturated heterocycles. The molecule has 0 N–H and O–H groups in total. The van der Waals surface area contributed by atoms with Gasteiger partial charge in [-0.15, -0.1) is 0 Å². The van der Waals surface area contributed by atoms with Crippen LogP contribution in [0.4, 0.5) is 43.9 Å². The van der Waals surface area contributed by atoms with Crippen LogP contribution < -0.4 is 0 Å². The fourth-order valence-electron chi connectivity index (χ4n) is 8.84. The van der Waals surface area contributed by atoms with Gasteiger partial charge < -0.3 is 0 Å². The summed E-state index contributed by atoms with van der Waals surface area (Å²) < 4.78 is 133. The van der Waals surface area contributed by atoms with E-state index in [-0.39, 0.29) is 0 Å². The van der Waals surface area contributed by atoms with Crippen molar-refractivity contribution in [2.45, 2.75) is 49.9 Å². The Morgan fingerprint density at radius 1 is 0.357 bits per heavy atom. The fourth-order valence-corrected chi connectivity index (χ4v) is 8.84. The maximum atomic E-state index is 13.8. The van der Waals surface area contributed by atoms with Crippen molar-refractivity contribution in [1.82, 2.24) is 0 Å². The third kappa shape index (κ3) is 5.20. The molecule has 0 aromatic heterocycles. The zero-order valence-corrected chi connectivity index (χ0v) is 29.0. The van der Waals surface area contributed by atoms with Crippen LogP contribution in [0.15, 0.2) is 97.1 Å². The second-order valence-electron chi connectivity index (χ2n) is 15.1. The third-order valence-electron chi connectivity index (χ3n) is 11.8. The van der Waals surface area contributed by atoms with Crippen LogP contribution in [0, 0.1) is 0 Å². The maximum absolute atomic E-state index is 13.8. The first-order valence-corrected chi connectivity index (χ1v) is 17.9. The molecular formula is C46H26F10. The third-order valence-corrected chi connectivity index (χ3v) is 11.8. The van der Waals surface area contributed by atoms with E-state index in [4.69, 9.17) is 0 Å². The second kappa shape index (κ2) is 11.5. The van der Waals surface area contributed by atoms with Crippen molar-refractivity contribution in [3.05, 3.63) is 164 Å². The molecule has 6 aromatic rings. The van der Waals surface area contributed by atoms with E-state index in [1.54, 1.807) is 0 Å². The van der Waals surface area contributed by atoms with Crippen LogP contribution in [0.1, 0.15) is 66.8 Å². The number of allylic oxidation sites excluding steroid dienone is 4. The Balaban J connectivity index is 0.917. The van der Waals surface area contributed by atoms with Gasteiger partial charge in [0, 0.05) is 11.1 Å². The Kier molecular flexibility index (Phi) is 7.13. The summed E-state index contributed by atoms with van der Waals surface area (Å²) in [4.78, 5) is 0. The van der Waals surface area contributed by atoms with Crippen LogP contribution in [0.25, 0.3) is 56.0 Å². The van der Waals surface area contributed by atoms with Gasteiger partial charge in [-0.3, -0.25) is 0 Å². The number of rotatable bonds is 4. The molecule has 0 heterocycles. The van der Waals surface area contributed by atoms with Crippen molar-refractivity contribution < 1.29 is 43.9 Å². The molecule has 0 nitrogen and oxygen atoms in total. The summed E-state index contributed by atoms with van der Waals surface area (Å²) in [7, 11) is 0. The molecule has 10 heteroatoms. The Bertz CT molecular complexity index is 2600. The minimum Gasteiger partial charge on any atom is -0.191 e. The molecule has 10 rings (SSSR count). The van der Waals surface area contributed by atoms with Crippen molar-refractivity contribution in [1.29, 1.82) is 0 Å². The van der Waals surface area contributed by atoms with E-state index in [0.29, 0.717) is 24.0 Å². The highest BCUT2D eigenvalue weighted by Crippen LogP contribution is 2.50. The normalized spacial score (nSPS) is 16.2. The largest absolute Gasteiger partial charge is 0.458 e. The Morgan fingerprint density at radius 3 is 1.05 bits per heavy atom. The highest BCUT2D eigenvalue weighted by atomic mass is 19.4. The first kappa shape index (κ1) is 34.8. The molecular weight excluding hydrogens is 742 g/mol. The molecule has 0 atom stereocenters. The first-order valence-electron chi connectivity index (χ1n) is 17.9. The lowest BCUT2D eigenvalue weighted by Gasteiger charge is -2.20. The summed E-state index contributed by atoms with van der Waals surface area (Å²) in [5, 5.41) is 4.24. The lowest BCUT2D eigenvalue weighted by Crippen LogP contribution is -2.33. The first-order chi connectivity index (χ1) is 26.4. The van der Waals surface area contributed by atoms with E-state index in [0.717, 1.165) is 92.1 Å². The standard InChI is InChI=1S/C46H26F10/c47-43(48,45(51,52)53)37-5-1-23(2-6-37)25-9-27-13-31-17-35-21-42-40-20-34-16-30-12-26(24-3-7-38(8-4-24)44(49,50)46(54,55)56)10-28(30)14-32(34)18-36(40)22-41(42)39(35)19-33(31)15-29(27)11-25/h1-8,11-20H,9-10,21-22H2. The van der Waals surface area contributed by atoms with Gasteiger partial charge in [0.15, 0.2) is 0 Å². The average molecular weight is 769 g/mol. The Labute approximate surface area is 313 Å². The van der Waals surface area contributed by atoms with Gasteiger partial charge in [0.25, 0.3) is 0 Å². The molecule has 4 aliphatic carbocycles. The van der Waals surface area contributed by atoms with E-state index in [2.05, 4.69) is 48.5 Å². The maximum Gasteiger partial charge on any atom is 0.458 e. The number of hydrogen-bond donors (Lipinski definition) is 0. The van der Waals surface area contributed by atoms with Gasteiger partial charge in [0.05, 0.1) is 0 Å². The fraction of sp³-hybridized carbons (Fsp3) is 0.174. The van der Waals surface area contributed by atoms with Crippen molar-refractivity contribution >= 4 is 56.0 Å². The highest BCUT2D eigenvalue weighted by molar-refractivity contribution is 6.08. The lowest BCUT2D eigenvalue weighted by molar-refractivity contribution is -0.289. The molecule has 0 spiro atoms. The average Bonchev–Trinajstić information content (AvgIpc) is 3.92. The summed E-state index contributed by atoms with van der Waals surface area (Å²) in [6.07, 6.45) is -4.82. The molecule has 280 valence electrons. The second-order valence-corrected chi connectivity index (χ2v) is 15.1. The smallest absolute Gasteiger partial charge is 0.191 e. The number of fused-ring (bicyclic) bond motifs is 8. The summed E-state index contributed by atoms with van der Waals surface area (Å²) in [5.41, 5.74) is 12.2. The van der Waals surface area contributed by atoms with Gasteiger partial charge in [-0.2, -0.15) is 43.9 Å². The molecule has 0 unspecified atom stereocenters. The quantitative estimate of drug-likeness (QED) is 0.157. The van der Waals surface area contributed by atoms with Gasteiger partial charge in [-0.25, -0.2) is 0 Å². The number of hydrogen-bond acceptors (Lipinski definition) is 0. The Morgan fingerprint density at radius 2 is 0.696 bits per heavy atom. The molecule has 4 aliphatic rings. The zero-order chi connectivity index (χ0) is 39.1. The van der Waals surface area contributed by atoms with Gasteiger partial charge in [-0.05, 0) is 149 Å². The van der Waals surface area contributed by atoms with Crippen LogP contribution in [0.2, 0.25) is 0 Å². The molecule has 0 amide bonds. The predicted octanol–water partition coefficient (Wildman–Crippen LogP) is 13.5. The molecule has 0 bridgehead atoms. The molecule has 6 aromatic carbocycles. The van der Waals surface area contributed by atoms with E-state index in [1.807, 2.05) is 12.2 Å². The zero-order valence-electron chi connectivity index (χ0n) is 29.0. The highest BCUT2D eigenvalue weighted by Gasteiger charge is 2.59. The SMILES string of the molecule is FC(F)(F)C(F)(F)c1ccc(C2=Cc3cc4cc5c(cc4cc3C2)CC2=C5Cc3cc4cc5c(cc4cc32)C=C(c2ccc(C(F)(F)C(F)(F)F)cc2)C5)cc1. The molecule has 0 radical (unpaired) electrons. The predicted molar refractivity (Wildman–Crippen MR) is 198 cm³/mol. The van der Waals surface area contributed by atoms with Crippen molar-refractivity contribution in [3.63, 3.8) is 0 Å². The minimum atomic E-state index is -5.67. The van der Waals surface area contributed by atoms with Gasteiger partial charge in [-0.1, -0.05) is 84.9 Å². The van der Waals surface area contributed by atoms with Crippen LogP contribution in [0.3, 0.4) is 0 Å². The van der Waals surface area contributed by atoms with Crippen molar-refractivity contribution in [2.24, 2.45) is 0 Å². The minimum absolute atomic E-state index is 0.528. The number of halogens is 10. The number of alkyl halides is 10. The number of benzene rings is 6. The van der Waals surface area contributed by atoms with Crippen LogP contribution in [-0.2, 0) is 37.5 Å². The topological polar surface area (TPSA) is 0 Å². The summed E-state index contributed by atoms with van der Waals surface area (Å²) in [6.45, 7) is 0. The van der Waals surface area contributed by atoms with E-state index >= 15 is 0 Å². The van der Waals surface area contributed by atoms with E-state index < -0.39 is 35.3 Å². The summed E-state index contributed by atoms with van der Waals surface area (Å²) in [6, 6.07) is 26.0. The van der Waals surface area contributed by atoms with E-state index in [9.17, 15) is 43.9 Å². The summed E-state index contributed by atoms with van der Waals surface area (Å²) >= 11 is 0.